The first-order valence-electron chi connectivity index (χ1n) is 9.40. The molecule has 9 heteroatoms. The van der Waals surface area contributed by atoms with Crippen molar-refractivity contribution in [1.82, 2.24) is 30.4 Å². The fourth-order valence-electron chi connectivity index (χ4n) is 3.73. The van der Waals surface area contributed by atoms with Crippen LogP contribution in [-0.4, -0.2) is 74.5 Å². The van der Waals surface area contributed by atoms with Crippen molar-refractivity contribution in [3.05, 3.63) is 30.1 Å². The maximum absolute atomic E-state index is 12.7. The van der Waals surface area contributed by atoms with E-state index in [9.17, 15) is 9.90 Å². The van der Waals surface area contributed by atoms with Gasteiger partial charge in [0.25, 0.3) is 5.91 Å². The number of nitrogens with zero attached hydrogens (tertiary/aromatic N) is 5. The number of hydrogen-bond acceptors (Lipinski definition) is 7. The van der Waals surface area contributed by atoms with Crippen molar-refractivity contribution in [1.29, 1.82) is 0 Å². The number of hydrogen-bond donors (Lipinski definition) is 2. The molecule has 1 aromatic heterocycles. The minimum absolute atomic E-state index is 0.0554. The molecule has 2 fully saturated rings. The van der Waals surface area contributed by atoms with E-state index in [-0.39, 0.29) is 23.3 Å². The van der Waals surface area contributed by atoms with E-state index in [1.165, 1.54) is 17.1 Å². The number of carbonyl (C=O) groups excluding carboxylic acids is 1. The maximum Gasteiger partial charge on any atom is 0.255 e. The Morgan fingerprint density at radius 3 is 2.85 bits per heavy atom. The van der Waals surface area contributed by atoms with Crippen LogP contribution in [0.15, 0.2) is 24.5 Å². The third-order valence-corrected chi connectivity index (χ3v) is 5.25. The minimum Gasteiger partial charge on any atom is -0.507 e. The first kappa shape index (κ1) is 17.9. The molecule has 0 saturated carbocycles. The molecule has 1 atom stereocenters. The summed E-state index contributed by atoms with van der Waals surface area (Å²) in [6, 6.07) is 4.84. The lowest BCUT2D eigenvalue weighted by Gasteiger charge is -2.33. The van der Waals surface area contributed by atoms with Crippen LogP contribution >= 0.6 is 0 Å². The molecule has 2 saturated heterocycles. The summed E-state index contributed by atoms with van der Waals surface area (Å²) >= 11 is 0. The first-order chi connectivity index (χ1) is 13.2. The van der Waals surface area contributed by atoms with Crippen molar-refractivity contribution in [3.8, 4) is 11.4 Å². The Balaban J connectivity index is 1.33. The number of rotatable bonds is 5. The smallest absolute Gasteiger partial charge is 0.255 e. The zero-order valence-corrected chi connectivity index (χ0v) is 15.1. The summed E-state index contributed by atoms with van der Waals surface area (Å²) in [5.74, 6) is -0.333. The number of likely N-dealkylation sites (tertiary alicyclic amines) is 1. The molecule has 27 heavy (non-hydrogen) atoms. The van der Waals surface area contributed by atoms with Gasteiger partial charge in [-0.15, -0.1) is 5.10 Å². The van der Waals surface area contributed by atoms with Gasteiger partial charge in [-0.1, -0.05) is 0 Å². The number of ether oxygens (including phenoxy) is 1. The molecule has 0 radical (unpaired) electrons. The first-order valence-corrected chi connectivity index (χ1v) is 9.40. The van der Waals surface area contributed by atoms with Crippen LogP contribution in [0.2, 0.25) is 0 Å². The molecular weight excluding hydrogens is 348 g/mol. The number of phenols is 1. The molecule has 0 aliphatic carbocycles. The molecule has 2 N–H and O–H groups in total. The van der Waals surface area contributed by atoms with Gasteiger partial charge in [-0.25, -0.2) is 4.68 Å². The molecule has 2 aromatic rings. The van der Waals surface area contributed by atoms with Gasteiger partial charge in [0.2, 0.25) is 0 Å². The summed E-state index contributed by atoms with van der Waals surface area (Å²) in [7, 11) is 0. The second-order valence-electron chi connectivity index (χ2n) is 7.14. The van der Waals surface area contributed by atoms with Gasteiger partial charge in [0.05, 0.1) is 17.4 Å². The third kappa shape index (κ3) is 4.25. The van der Waals surface area contributed by atoms with Gasteiger partial charge in [-0.3, -0.25) is 4.79 Å². The SMILES string of the molecule is O=C(NC1CCN(C[C@@H]2CCCO2)CC1)c1cc(-n2cnnn2)ccc1O. The van der Waals surface area contributed by atoms with Gasteiger partial charge in [0.1, 0.15) is 12.1 Å². The van der Waals surface area contributed by atoms with Crippen LogP contribution < -0.4 is 5.32 Å². The van der Waals surface area contributed by atoms with E-state index in [4.69, 9.17) is 4.74 Å². The van der Waals surface area contributed by atoms with Crippen molar-refractivity contribution in [2.45, 2.75) is 37.8 Å². The molecule has 9 nitrogen and oxygen atoms in total. The zero-order valence-electron chi connectivity index (χ0n) is 15.1. The highest BCUT2D eigenvalue weighted by Crippen LogP contribution is 2.22. The average molecular weight is 372 g/mol. The molecule has 0 spiro atoms. The predicted molar refractivity (Wildman–Crippen MR) is 96.7 cm³/mol. The molecule has 0 bridgehead atoms. The van der Waals surface area contributed by atoms with Crippen molar-refractivity contribution >= 4 is 5.91 Å². The lowest BCUT2D eigenvalue weighted by Crippen LogP contribution is -2.46. The van der Waals surface area contributed by atoms with Crippen molar-refractivity contribution < 1.29 is 14.6 Å². The highest BCUT2D eigenvalue weighted by molar-refractivity contribution is 5.97. The summed E-state index contributed by atoms with van der Waals surface area (Å²) in [6.07, 6.45) is 5.90. The Morgan fingerprint density at radius 2 is 2.15 bits per heavy atom. The Morgan fingerprint density at radius 1 is 1.30 bits per heavy atom. The van der Waals surface area contributed by atoms with Crippen LogP contribution in [0.4, 0.5) is 0 Å². The highest BCUT2D eigenvalue weighted by atomic mass is 16.5. The van der Waals surface area contributed by atoms with E-state index in [0.29, 0.717) is 11.8 Å². The summed E-state index contributed by atoms with van der Waals surface area (Å²) in [5.41, 5.74) is 0.846. The van der Waals surface area contributed by atoms with Gasteiger partial charge < -0.3 is 20.1 Å². The van der Waals surface area contributed by atoms with Crippen molar-refractivity contribution in [3.63, 3.8) is 0 Å². The molecule has 3 heterocycles. The molecule has 4 rings (SSSR count). The quantitative estimate of drug-likeness (QED) is 0.797. The van der Waals surface area contributed by atoms with Crippen LogP contribution in [0.3, 0.4) is 0 Å². The topological polar surface area (TPSA) is 105 Å². The van der Waals surface area contributed by atoms with E-state index < -0.39 is 0 Å². The monoisotopic (exact) mass is 372 g/mol. The van der Waals surface area contributed by atoms with Gasteiger partial charge in [-0.2, -0.15) is 0 Å². The number of phenolic OH excluding ortho intramolecular Hbond substituents is 1. The highest BCUT2D eigenvalue weighted by Gasteiger charge is 2.25. The Bertz CT molecular complexity index is 767. The number of piperidine rings is 1. The van der Waals surface area contributed by atoms with E-state index in [0.717, 1.165) is 51.9 Å². The maximum atomic E-state index is 12.7. The fourth-order valence-corrected chi connectivity index (χ4v) is 3.73. The molecule has 144 valence electrons. The lowest BCUT2D eigenvalue weighted by atomic mass is 10.0. The minimum atomic E-state index is -0.278. The predicted octanol–water partition coefficient (Wildman–Crippen LogP) is 0.741. The van der Waals surface area contributed by atoms with Crippen LogP contribution in [0.5, 0.6) is 5.75 Å². The third-order valence-electron chi connectivity index (χ3n) is 5.25. The van der Waals surface area contributed by atoms with Crippen molar-refractivity contribution in [2.24, 2.45) is 0 Å². The second-order valence-corrected chi connectivity index (χ2v) is 7.14. The number of carbonyl (C=O) groups is 1. The average Bonchev–Trinajstić information content (AvgIpc) is 3.38. The molecule has 2 aliphatic heterocycles. The number of tetrazole rings is 1. The summed E-state index contributed by atoms with van der Waals surface area (Å²) in [4.78, 5) is 15.1. The summed E-state index contributed by atoms with van der Waals surface area (Å²) in [6.45, 7) is 3.75. The number of nitrogens with one attached hydrogen (secondary N) is 1. The summed E-state index contributed by atoms with van der Waals surface area (Å²) in [5, 5.41) is 24.1. The van der Waals surface area contributed by atoms with Crippen LogP contribution in [0.1, 0.15) is 36.0 Å². The van der Waals surface area contributed by atoms with E-state index in [1.807, 2.05) is 0 Å². The molecule has 0 unspecified atom stereocenters. The molecular formula is C18H24N6O3. The van der Waals surface area contributed by atoms with Crippen LogP contribution in [0.25, 0.3) is 5.69 Å². The van der Waals surface area contributed by atoms with Gasteiger partial charge in [0, 0.05) is 32.3 Å². The molecule has 1 amide bonds. The standard InChI is InChI=1S/C18H24N6O3/c25-17-4-3-14(24-12-19-21-22-24)10-16(17)18(26)20-13-5-7-23(8-6-13)11-15-2-1-9-27-15/h3-4,10,12-13,15,25H,1-2,5-9,11H2,(H,20,26)/t15-/m0/s1. The second kappa shape index (κ2) is 8.01. The van der Waals surface area contributed by atoms with E-state index >= 15 is 0 Å². The number of benzene rings is 1. The zero-order chi connectivity index (χ0) is 18.6. The Labute approximate surface area is 157 Å². The van der Waals surface area contributed by atoms with Crippen molar-refractivity contribution in [2.75, 3.05) is 26.2 Å². The molecule has 2 aliphatic rings. The van der Waals surface area contributed by atoms with Gasteiger partial charge >= 0.3 is 0 Å². The fraction of sp³-hybridized carbons (Fsp3) is 0.556. The Kier molecular flexibility index (Phi) is 5.30. The normalized spacial score (nSPS) is 21.4. The lowest BCUT2D eigenvalue weighted by molar-refractivity contribution is 0.0612. The van der Waals surface area contributed by atoms with Crippen LogP contribution in [0, 0.1) is 0 Å². The number of amides is 1. The van der Waals surface area contributed by atoms with Crippen LogP contribution in [-0.2, 0) is 4.74 Å². The number of aromatic hydroxyl groups is 1. The van der Waals surface area contributed by atoms with Gasteiger partial charge in [-0.05, 0) is 54.3 Å². The van der Waals surface area contributed by atoms with Gasteiger partial charge in [0.15, 0.2) is 0 Å². The summed E-state index contributed by atoms with van der Waals surface area (Å²) < 4.78 is 7.15. The van der Waals surface area contributed by atoms with E-state index in [2.05, 4.69) is 25.7 Å². The molecule has 1 aromatic carbocycles. The number of aromatic nitrogens is 4. The van der Waals surface area contributed by atoms with E-state index in [1.54, 1.807) is 12.1 Å². The largest absolute Gasteiger partial charge is 0.507 e. The Hall–Kier alpha value is -2.52.